The van der Waals surface area contributed by atoms with Gasteiger partial charge in [-0.1, -0.05) is 18.2 Å². The molecule has 0 radical (unpaired) electrons. The van der Waals surface area contributed by atoms with Crippen LogP contribution in [0.25, 0.3) is 10.9 Å². The van der Waals surface area contributed by atoms with Crippen LogP contribution >= 0.6 is 11.8 Å². The van der Waals surface area contributed by atoms with Crippen LogP contribution in [0.15, 0.2) is 47.8 Å². The van der Waals surface area contributed by atoms with Crippen molar-refractivity contribution in [2.45, 2.75) is 31.3 Å². The van der Waals surface area contributed by atoms with Crippen molar-refractivity contribution in [2.24, 2.45) is 14.1 Å². The standard InChI is InChI=1S/C19H24N4OS/c1-14(2)23(12-18-20-9-10-21(18)3)19(24)13-25-17-11-22(4)16-8-6-5-7-15(16)17/h5-11,14H,12-13H2,1-4H3. The lowest BCUT2D eigenvalue weighted by molar-refractivity contribution is -0.130. The van der Waals surface area contributed by atoms with E-state index in [0.717, 1.165) is 10.7 Å². The van der Waals surface area contributed by atoms with Gasteiger partial charge in [-0.3, -0.25) is 4.79 Å². The van der Waals surface area contributed by atoms with Gasteiger partial charge in [-0.15, -0.1) is 11.8 Å². The fourth-order valence-corrected chi connectivity index (χ4v) is 3.91. The molecule has 0 atom stereocenters. The van der Waals surface area contributed by atoms with E-state index >= 15 is 0 Å². The Kier molecular flexibility index (Phi) is 5.18. The summed E-state index contributed by atoms with van der Waals surface area (Å²) < 4.78 is 4.07. The summed E-state index contributed by atoms with van der Waals surface area (Å²) in [5, 5.41) is 1.20. The minimum absolute atomic E-state index is 0.135. The van der Waals surface area contributed by atoms with Gasteiger partial charge in [0.2, 0.25) is 5.91 Å². The van der Waals surface area contributed by atoms with Crippen LogP contribution in [0.1, 0.15) is 19.7 Å². The summed E-state index contributed by atoms with van der Waals surface area (Å²) in [6.07, 6.45) is 5.77. The van der Waals surface area contributed by atoms with E-state index in [4.69, 9.17) is 0 Å². The summed E-state index contributed by atoms with van der Waals surface area (Å²) >= 11 is 1.60. The number of para-hydroxylation sites is 1. The van der Waals surface area contributed by atoms with Gasteiger partial charge in [-0.25, -0.2) is 4.98 Å². The van der Waals surface area contributed by atoms with E-state index in [9.17, 15) is 4.79 Å². The molecule has 0 bridgehead atoms. The smallest absolute Gasteiger partial charge is 0.233 e. The lowest BCUT2D eigenvalue weighted by Crippen LogP contribution is -2.38. The monoisotopic (exact) mass is 356 g/mol. The van der Waals surface area contributed by atoms with E-state index in [1.54, 1.807) is 18.0 Å². The number of benzene rings is 1. The molecule has 0 aliphatic rings. The molecular weight excluding hydrogens is 332 g/mol. The number of fused-ring (bicyclic) bond motifs is 1. The van der Waals surface area contributed by atoms with Crippen LogP contribution < -0.4 is 0 Å². The first-order valence-corrected chi connectivity index (χ1v) is 9.38. The van der Waals surface area contributed by atoms with Gasteiger partial charge in [0.25, 0.3) is 0 Å². The summed E-state index contributed by atoms with van der Waals surface area (Å²) in [6.45, 7) is 4.63. The Morgan fingerprint density at radius 3 is 2.68 bits per heavy atom. The van der Waals surface area contributed by atoms with Crippen molar-refractivity contribution in [3.8, 4) is 0 Å². The predicted molar refractivity (Wildman–Crippen MR) is 103 cm³/mol. The number of nitrogens with zero attached hydrogens (tertiary/aromatic N) is 4. The lowest BCUT2D eigenvalue weighted by Gasteiger charge is -2.26. The minimum Gasteiger partial charge on any atom is -0.349 e. The van der Waals surface area contributed by atoms with Gasteiger partial charge in [-0.2, -0.15) is 0 Å². The number of carbonyl (C=O) groups is 1. The molecule has 0 saturated heterocycles. The number of amides is 1. The third kappa shape index (κ3) is 3.74. The fraction of sp³-hybridized carbons (Fsp3) is 0.368. The van der Waals surface area contributed by atoms with Crippen LogP contribution in [-0.2, 0) is 25.4 Å². The molecule has 2 heterocycles. The molecular formula is C19H24N4OS. The molecule has 0 unspecified atom stereocenters. The molecule has 1 aromatic carbocycles. The highest BCUT2D eigenvalue weighted by molar-refractivity contribution is 8.00. The van der Waals surface area contributed by atoms with Crippen LogP contribution in [-0.4, -0.2) is 36.7 Å². The molecule has 3 aromatic rings. The van der Waals surface area contributed by atoms with E-state index in [0.29, 0.717) is 12.3 Å². The first-order valence-electron chi connectivity index (χ1n) is 8.40. The molecule has 1 amide bonds. The number of thioether (sulfide) groups is 1. The maximum atomic E-state index is 12.8. The SMILES string of the molecule is CC(C)N(Cc1nccn1C)C(=O)CSc1cn(C)c2ccccc12. The molecule has 2 aromatic heterocycles. The Morgan fingerprint density at radius 2 is 2.00 bits per heavy atom. The summed E-state index contributed by atoms with van der Waals surface area (Å²) in [7, 11) is 3.99. The summed E-state index contributed by atoms with van der Waals surface area (Å²) in [5.41, 5.74) is 1.19. The fourth-order valence-electron chi connectivity index (χ4n) is 2.90. The number of aryl methyl sites for hydroxylation is 2. The molecule has 3 rings (SSSR count). The molecule has 0 aliphatic carbocycles. The molecule has 132 valence electrons. The van der Waals surface area contributed by atoms with Crippen LogP contribution in [0.4, 0.5) is 0 Å². The molecule has 0 spiro atoms. The van der Waals surface area contributed by atoms with Gasteiger partial charge >= 0.3 is 0 Å². The Balaban J connectivity index is 1.72. The number of aromatic nitrogens is 3. The van der Waals surface area contributed by atoms with E-state index in [-0.39, 0.29) is 11.9 Å². The molecule has 0 N–H and O–H groups in total. The average molecular weight is 356 g/mol. The van der Waals surface area contributed by atoms with Crippen molar-refractivity contribution in [1.82, 2.24) is 19.0 Å². The van der Waals surface area contributed by atoms with Crippen LogP contribution in [0.5, 0.6) is 0 Å². The summed E-state index contributed by atoms with van der Waals surface area (Å²) in [4.78, 5) is 20.2. The first kappa shape index (κ1) is 17.6. The van der Waals surface area contributed by atoms with Crippen molar-refractivity contribution < 1.29 is 4.79 Å². The van der Waals surface area contributed by atoms with Gasteiger partial charge in [0.15, 0.2) is 0 Å². The zero-order valence-corrected chi connectivity index (χ0v) is 16.0. The average Bonchev–Trinajstić information content (AvgIpc) is 3.14. The summed E-state index contributed by atoms with van der Waals surface area (Å²) in [6, 6.07) is 8.42. The number of carbonyl (C=O) groups excluding carboxylic acids is 1. The zero-order valence-electron chi connectivity index (χ0n) is 15.1. The van der Waals surface area contributed by atoms with E-state index in [1.165, 1.54) is 10.9 Å². The number of hydrogen-bond donors (Lipinski definition) is 0. The normalized spacial score (nSPS) is 11.4. The number of hydrogen-bond acceptors (Lipinski definition) is 3. The molecule has 0 aliphatic heterocycles. The topological polar surface area (TPSA) is 43.1 Å². The highest BCUT2D eigenvalue weighted by Crippen LogP contribution is 2.29. The molecule has 5 nitrogen and oxygen atoms in total. The second-order valence-electron chi connectivity index (χ2n) is 6.48. The third-order valence-electron chi connectivity index (χ3n) is 4.39. The molecule has 25 heavy (non-hydrogen) atoms. The highest BCUT2D eigenvalue weighted by atomic mass is 32.2. The second-order valence-corrected chi connectivity index (χ2v) is 7.50. The van der Waals surface area contributed by atoms with Gasteiger partial charge in [0.1, 0.15) is 5.82 Å². The zero-order chi connectivity index (χ0) is 18.0. The quantitative estimate of drug-likeness (QED) is 0.636. The highest BCUT2D eigenvalue weighted by Gasteiger charge is 2.20. The molecule has 0 fully saturated rings. The Hall–Kier alpha value is -2.21. The third-order valence-corrected chi connectivity index (χ3v) is 5.42. The second kappa shape index (κ2) is 7.35. The minimum atomic E-state index is 0.135. The van der Waals surface area contributed by atoms with E-state index in [2.05, 4.69) is 27.9 Å². The van der Waals surface area contributed by atoms with Crippen molar-refractivity contribution in [3.63, 3.8) is 0 Å². The molecule has 0 saturated carbocycles. The van der Waals surface area contributed by atoms with Crippen LogP contribution in [0.2, 0.25) is 0 Å². The van der Waals surface area contributed by atoms with Gasteiger partial charge in [0, 0.05) is 54.5 Å². The van der Waals surface area contributed by atoms with E-state index < -0.39 is 0 Å². The predicted octanol–water partition coefficient (Wildman–Crippen LogP) is 3.44. The Bertz CT molecular complexity index is 881. The lowest BCUT2D eigenvalue weighted by atomic mass is 10.2. The van der Waals surface area contributed by atoms with Gasteiger partial charge < -0.3 is 14.0 Å². The van der Waals surface area contributed by atoms with Crippen molar-refractivity contribution in [2.75, 3.05) is 5.75 Å². The van der Waals surface area contributed by atoms with Crippen LogP contribution in [0.3, 0.4) is 0 Å². The number of imidazole rings is 1. The number of rotatable bonds is 6. The van der Waals surface area contributed by atoms with Crippen molar-refractivity contribution in [3.05, 3.63) is 48.7 Å². The Morgan fingerprint density at radius 1 is 1.24 bits per heavy atom. The first-order chi connectivity index (χ1) is 12.0. The van der Waals surface area contributed by atoms with Crippen molar-refractivity contribution >= 4 is 28.6 Å². The van der Waals surface area contributed by atoms with Crippen molar-refractivity contribution in [1.29, 1.82) is 0 Å². The molecule has 6 heteroatoms. The van der Waals surface area contributed by atoms with Crippen LogP contribution in [0, 0.1) is 0 Å². The summed E-state index contributed by atoms with van der Waals surface area (Å²) in [5.74, 6) is 1.46. The maximum Gasteiger partial charge on any atom is 0.233 e. The van der Waals surface area contributed by atoms with Gasteiger partial charge in [0.05, 0.1) is 12.3 Å². The largest absolute Gasteiger partial charge is 0.349 e. The van der Waals surface area contributed by atoms with E-state index in [1.807, 2.05) is 55.7 Å². The van der Waals surface area contributed by atoms with Gasteiger partial charge in [-0.05, 0) is 19.9 Å². The Labute approximate surface area is 152 Å². The maximum absolute atomic E-state index is 12.8.